The van der Waals surface area contributed by atoms with Crippen molar-refractivity contribution in [1.29, 1.82) is 0 Å². The van der Waals surface area contributed by atoms with Crippen molar-refractivity contribution in [1.82, 2.24) is 5.32 Å². The van der Waals surface area contributed by atoms with E-state index in [0.717, 1.165) is 11.1 Å². The van der Waals surface area contributed by atoms with Crippen LogP contribution in [0.5, 0.6) is 0 Å². The van der Waals surface area contributed by atoms with Gasteiger partial charge in [0.05, 0.1) is 6.42 Å². The van der Waals surface area contributed by atoms with E-state index in [4.69, 9.17) is 4.74 Å². The Hall–Kier alpha value is -3.15. The van der Waals surface area contributed by atoms with E-state index in [0.29, 0.717) is 6.42 Å². The van der Waals surface area contributed by atoms with Crippen molar-refractivity contribution in [2.24, 2.45) is 0 Å². The number of aryl methyl sites for hydroxylation is 1. The second-order valence-electron chi connectivity index (χ2n) is 5.79. The monoisotopic (exact) mass is 355 g/mol. The third-order valence-corrected chi connectivity index (χ3v) is 3.73. The highest BCUT2D eigenvalue weighted by molar-refractivity contribution is 5.87. The minimum atomic E-state index is -1.30. The Labute approximate surface area is 151 Å². The number of carbonyl (C=O) groups is 3. The molecule has 2 aromatic rings. The van der Waals surface area contributed by atoms with Crippen LogP contribution < -0.4 is 5.32 Å². The molecule has 0 fully saturated rings. The predicted octanol–water partition coefficient (Wildman–Crippen LogP) is 2.32. The second-order valence-corrected chi connectivity index (χ2v) is 5.79. The van der Waals surface area contributed by atoms with Gasteiger partial charge in [0.25, 0.3) is 0 Å². The average Bonchev–Trinajstić information content (AvgIpc) is 2.66. The highest BCUT2D eigenvalue weighted by atomic mass is 16.5. The third kappa shape index (κ3) is 6.76. The molecule has 1 amide bonds. The van der Waals surface area contributed by atoms with E-state index in [1.165, 1.54) is 0 Å². The number of amides is 1. The zero-order valence-electron chi connectivity index (χ0n) is 14.3. The van der Waals surface area contributed by atoms with Crippen molar-refractivity contribution in [3.8, 4) is 0 Å². The molecular formula is C20H21NO5. The lowest BCUT2D eigenvalue weighted by molar-refractivity contribution is -0.151. The molecule has 2 aromatic carbocycles. The first-order valence-corrected chi connectivity index (χ1v) is 8.30. The smallest absolute Gasteiger partial charge is 0.326 e. The number of rotatable bonds is 9. The molecule has 0 aromatic heterocycles. The molecule has 0 aliphatic carbocycles. The molecule has 0 unspecified atom stereocenters. The van der Waals surface area contributed by atoms with Gasteiger partial charge in [-0.05, 0) is 17.5 Å². The number of esters is 1. The quantitative estimate of drug-likeness (QED) is 0.674. The molecule has 6 heteroatoms. The van der Waals surface area contributed by atoms with E-state index in [-0.39, 0.29) is 13.0 Å². The number of carboxylic acids is 1. The average molecular weight is 355 g/mol. The summed E-state index contributed by atoms with van der Waals surface area (Å²) < 4.78 is 5.07. The Morgan fingerprint density at radius 2 is 1.50 bits per heavy atom. The first-order valence-electron chi connectivity index (χ1n) is 8.30. The molecule has 0 heterocycles. The van der Waals surface area contributed by atoms with Gasteiger partial charge >= 0.3 is 11.9 Å². The Kier molecular flexibility index (Phi) is 7.36. The summed E-state index contributed by atoms with van der Waals surface area (Å²) in [6.45, 7) is 0.0635. The molecule has 1 atom stereocenters. The fraction of sp³-hybridized carbons (Fsp3) is 0.250. The van der Waals surface area contributed by atoms with Gasteiger partial charge in [-0.15, -0.1) is 0 Å². The zero-order valence-corrected chi connectivity index (χ0v) is 14.3. The minimum Gasteiger partial charge on any atom is -0.480 e. The molecule has 0 bridgehead atoms. The van der Waals surface area contributed by atoms with E-state index in [9.17, 15) is 19.5 Å². The summed E-state index contributed by atoms with van der Waals surface area (Å²) in [6, 6.07) is 17.2. The SMILES string of the molecule is O=C(CCc1ccccc1)N[C@@H](CC(=O)OCc1ccccc1)C(=O)O. The van der Waals surface area contributed by atoms with E-state index in [2.05, 4.69) is 5.32 Å². The maximum atomic E-state index is 12.0. The molecule has 0 spiro atoms. The van der Waals surface area contributed by atoms with Crippen LogP contribution in [-0.4, -0.2) is 29.0 Å². The Bertz CT molecular complexity index is 673. The number of ether oxygens (including phenoxy) is 1. The summed E-state index contributed by atoms with van der Waals surface area (Å²) in [5.41, 5.74) is 1.79. The number of carboxylic acid groups (broad SMARTS) is 1. The lowest BCUT2D eigenvalue weighted by Gasteiger charge is -2.14. The van der Waals surface area contributed by atoms with Gasteiger partial charge in [-0.3, -0.25) is 9.59 Å². The maximum absolute atomic E-state index is 12.0. The zero-order chi connectivity index (χ0) is 18.8. The second kappa shape index (κ2) is 9.98. The fourth-order valence-electron chi connectivity index (χ4n) is 2.33. The number of nitrogens with one attached hydrogen (secondary N) is 1. The molecule has 0 radical (unpaired) electrons. The Morgan fingerprint density at radius 1 is 0.923 bits per heavy atom. The largest absolute Gasteiger partial charge is 0.480 e. The van der Waals surface area contributed by atoms with Gasteiger partial charge in [-0.1, -0.05) is 60.7 Å². The van der Waals surface area contributed by atoms with Gasteiger partial charge < -0.3 is 15.2 Å². The van der Waals surface area contributed by atoms with Gasteiger partial charge in [0.1, 0.15) is 12.6 Å². The molecule has 2 rings (SSSR count). The van der Waals surface area contributed by atoms with Crippen LogP contribution in [0.15, 0.2) is 60.7 Å². The van der Waals surface area contributed by atoms with Crippen LogP contribution in [0.1, 0.15) is 24.0 Å². The van der Waals surface area contributed by atoms with Crippen LogP contribution in [0, 0.1) is 0 Å². The number of hydrogen-bond acceptors (Lipinski definition) is 4. The molecule has 0 aliphatic heterocycles. The number of hydrogen-bond donors (Lipinski definition) is 2. The normalized spacial score (nSPS) is 11.4. The highest BCUT2D eigenvalue weighted by Crippen LogP contribution is 2.05. The summed E-state index contributed by atoms with van der Waals surface area (Å²) in [4.78, 5) is 35.1. The van der Waals surface area contributed by atoms with Crippen LogP contribution in [-0.2, 0) is 32.1 Å². The topological polar surface area (TPSA) is 92.7 Å². The van der Waals surface area contributed by atoms with Crippen molar-refractivity contribution >= 4 is 17.8 Å². The lowest BCUT2D eigenvalue weighted by atomic mass is 10.1. The van der Waals surface area contributed by atoms with Gasteiger partial charge in [0.15, 0.2) is 0 Å². The van der Waals surface area contributed by atoms with Gasteiger partial charge in [0.2, 0.25) is 5.91 Å². The molecule has 0 aliphatic rings. The molecule has 0 saturated carbocycles. The first-order chi connectivity index (χ1) is 12.5. The Morgan fingerprint density at radius 3 is 2.08 bits per heavy atom. The third-order valence-electron chi connectivity index (χ3n) is 3.73. The van der Waals surface area contributed by atoms with Gasteiger partial charge in [-0.25, -0.2) is 4.79 Å². The van der Waals surface area contributed by atoms with Crippen LogP contribution >= 0.6 is 0 Å². The van der Waals surface area contributed by atoms with Crippen molar-refractivity contribution in [3.05, 3.63) is 71.8 Å². The molecule has 2 N–H and O–H groups in total. The summed E-state index contributed by atoms with van der Waals surface area (Å²) in [5.74, 6) is -2.36. The van der Waals surface area contributed by atoms with Crippen molar-refractivity contribution < 1.29 is 24.2 Å². The number of aliphatic carboxylic acids is 1. The molecule has 136 valence electrons. The number of benzene rings is 2. The molecular weight excluding hydrogens is 334 g/mol. The van der Waals surface area contributed by atoms with Crippen molar-refractivity contribution in [2.75, 3.05) is 0 Å². The van der Waals surface area contributed by atoms with Crippen LogP contribution in [0.3, 0.4) is 0 Å². The summed E-state index contributed by atoms with van der Waals surface area (Å²) in [7, 11) is 0. The van der Waals surface area contributed by atoms with E-state index in [1.807, 2.05) is 48.5 Å². The van der Waals surface area contributed by atoms with Crippen molar-refractivity contribution in [3.63, 3.8) is 0 Å². The summed E-state index contributed by atoms with van der Waals surface area (Å²) >= 11 is 0. The fourth-order valence-corrected chi connectivity index (χ4v) is 2.33. The maximum Gasteiger partial charge on any atom is 0.326 e. The van der Waals surface area contributed by atoms with E-state index in [1.54, 1.807) is 12.1 Å². The van der Waals surface area contributed by atoms with Crippen LogP contribution in [0.4, 0.5) is 0 Å². The van der Waals surface area contributed by atoms with Gasteiger partial charge in [0, 0.05) is 6.42 Å². The molecule has 26 heavy (non-hydrogen) atoms. The van der Waals surface area contributed by atoms with E-state index >= 15 is 0 Å². The lowest BCUT2D eigenvalue weighted by Crippen LogP contribution is -2.42. The predicted molar refractivity (Wildman–Crippen MR) is 95.2 cm³/mol. The Balaban J connectivity index is 1.78. The molecule has 0 saturated heterocycles. The van der Waals surface area contributed by atoms with E-state index < -0.39 is 30.3 Å². The van der Waals surface area contributed by atoms with Gasteiger partial charge in [-0.2, -0.15) is 0 Å². The molecule has 6 nitrogen and oxygen atoms in total. The van der Waals surface area contributed by atoms with Crippen molar-refractivity contribution in [2.45, 2.75) is 31.9 Å². The summed E-state index contributed by atoms with van der Waals surface area (Å²) in [6.07, 6.45) is 0.226. The standard InChI is InChI=1S/C20H21NO5/c22-18(12-11-15-7-3-1-4-8-15)21-17(20(24)25)13-19(23)26-14-16-9-5-2-6-10-16/h1-10,17H,11-14H2,(H,21,22)(H,24,25)/t17-/m0/s1. The van der Waals surface area contributed by atoms with Crippen LogP contribution in [0.2, 0.25) is 0 Å². The summed E-state index contributed by atoms with van der Waals surface area (Å²) in [5, 5.41) is 11.6. The minimum absolute atomic E-state index is 0.0635. The van der Waals surface area contributed by atoms with Crippen LogP contribution in [0.25, 0.3) is 0 Å². The highest BCUT2D eigenvalue weighted by Gasteiger charge is 2.24. The number of carbonyl (C=O) groups excluding carboxylic acids is 2. The first kappa shape index (κ1) is 19.2.